The minimum absolute atomic E-state index is 0.125. The van der Waals surface area contributed by atoms with Crippen LogP contribution in [0.1, 0.15) is 64.1 Å². The van der Waals surface area contributed by atoms with E-state index in [4.69, 9.17) is 14.2 Å². The Morgan fingerprint density at radius 2 is 1.90 bits per heavy atom. The zero-order valence-corrected chi connectivity index (χ0v) is 19.7. The minimum Gasteiger partial charge on any atom is -0.492 e. The molecule has 0 radical (unpaired) electrons. The number of hydrogen-bond donors (Lipinski definition) is 2. The Morgan fingerprint density at radius 1 is 1.23 bits per heavy atom. The van der Waals surface area contributed by atoms with Crippen molar-refractivity contribution in [2.45, 2.75) is 59.4 Å². The second-order valence-electron chi connectivity index (χ2n) is 9.14. The van der Waals surface area contributed by atoms with Gasteiger partial charge in [-0.1, -0.05) is 28.5 Å². The predicted octanol–water partition coefficient (Wildman–Crippen LogP) is 4.08. The molecule has 0 spiro atoms. The number of quaternary nitrogens is 1. The van der Waals surface area contributed by atoms with Gasteiger partial charge in [0.05, 0.1) is 32.0 Å². The monoisotopic (exact) mass is 429 g/mol. The van der Waals surface area contributed by atoms with Crippen LogP contribution in [0.4, 0.5) is 0 Å². The lowest BCUT2D eigenvalue weighted by molar-refractivity contribution is -0.913. The van der Waals surface area contributed by atoms with Gasteiger partial charge in [0.15, 0.2) is 11.5 Å². The highest BCUT2D eigenvalue weighted by molar-refractivity contribution is 5.87. The minimum atomic E-state index is 0.125. The molecule has 2 N–H and O–H groups in total. The number of rotatable bonds is 8. The number of nitrogens with zero attached hydrogens (tertiary/aromatic N) is 1. The van der Waals surface area contributed by atoms with Gasteiger partial charge >= 0.3 is 0 Å². The number of likely N-dealkylation sites (N-methyl/N-ethyl adjacent to an activating group) is 1. The maximum absolute atomic E-state index is 10.0. The van der Waals surface area contributed by atoms with Gasteiger partial charge in [0.1, 0.15) is 6.04 Å². The number of methoxy groups -OCH3 is 1. The highest BCUT2D eigenvalue weighted by Crippen LogP contribution is 2.48. The Labute approximate surface area is 186 Å². The van der Waals surface area contributed by atoms with Crippen molar-refractivity contribution in [2.75, 3.05) is 27.5 Å². The smallest absolute Gasteiger partial charge is 0.231 e. The number of hydrogen-bond acceptors (Lipinski definition) is 5. The zero-order chi connectivity index (χ0) is 22.5. The molecule has 0 amide bonds. The molecule has 1 unspecified atom stereocenters. The third kappa shape index (κ3) is 5.24. The maximum Gasteiger partial charge on any atom is 0.231 e. The van der Waals surface area contributed by atoms with E-state index in [0.717, 1.165) is 48.6 Å². The van der Waals surface area contributed by atoms with E-state index in [1.54, 1.807) is 7.11 Å². The summed E-state index contributed by atoms with van der Waals surface area (Å²) in [6.07, 6.45) is 7.82. The van der Waals surface area contributed by atoms with Crippen molar-refractivity contribution in [1.82, 2.24) is 0 Å². The van der Waals surface area contributed by atoms with Crippen LogP contribution in [0.15, 0.2) is 34.5 Å². The van der Waals surface area contributed by atoms with E-state index in [1.165, 1.54) is 21.6 Å². The van der Waals surface area contributed by atoms with Crippen molar-refractivity contribution < 1.29 is 24.3 Å². The summed E-state index contributed by atoms with van der Waals surface area (Å²) in [6.45, 7) is 9.66. The van der Waals surface area contributed by atoms with Crippen molar-refractivity contribution in [2.24, 2.45) is 11.1 Å². The summed E-state index contributed by atoms with van der Waals surface area (Å²) in [4.78, 5) is 1.38. The Kier molecular flexibility index (Phi) is 7.65. The van der Waals surface area contributed by atoms with Gasteiger partial charge < -0.3 is 24.3 Å². The molecule has 2 atom stereocenters. The molecule has 2 heterocycles. The van der Waals surface area contributed by atoms with Gasteiger partial charge in [-0.05, 0) is 52.2 Å². The highest BCUT2D eigenvalue weighted by atomic mass is 16.7. The lowest BCUT2D eigenvalue weighted by atomic mass is 9.84. The van der Waals surface area contributed by atoms with Gasteiger partial charge in [-0.2, -0.15) is 0 Å². The van der Waals surface area contributed by atoms with E-state index in [0.29, 0.717) is 12.2 Å². The van der Waals surface area contributed by atoms with Gasteiger partial charge in [-0.3, -0.25) is 0 Å². The molecule has 170 valence electrons. The summed E-state index contributed by atoms with van der Waals surface area (Å²) < 4.78 is 17.2. The number of ether oxygens (including phenoxy) is 3. The molecule has 2 aliphatic rings. The zero-order valence-electron chi connectivity index (χ0n) is 19.7. The molecular weight excluding hydrogens is 392 g/mol. The molecule has 0 fully saturated rings. The average Bonchev–Trinajstić information content (AvgIpc) is 3.20. The normalized spacial score (nSPS) is 19.8. The molecule has 31 heavy (non-hydrogen) atoms. The van der Waals surface area contributed by atoms with Crippen LogP contribution in [0, 0.1) is 5.92 Å². The van der Waals surface area contributed by atoms with Crippen LogP contribution in [0.5, 0.6) is 17.2 Å². The van der Waals surface area contributed by atoms with Crippen LogP contribution >= 0.6 is 0 Å². The SMILES string of the molecule is COc1c2c(cc3c1[C@H](CC(=NO)C(CC=C(C)C)CC=C(C)C)[NH+](C)CC3)OCO2. The van der Waals surface area contributed by atoms with Crippen molar-refractivity contribution in [3.8, 4) is 17.2 Å². The lowest BCUT2D eigenvalue weighted by Gasteiger charge is -2.34. The van der Waals surface area contributed by atoms with Gasteiger partial charge in [-0.25, -0.2) is 0 Å². The Bertz CT molecular complexity index is 860. The van der Waals surface area contributed by atoms with Crippen LogP contribution in [-0.4, -0.2) is 38.4 Å². The fourth-order valence-corrected chi connectivity index (χ4v) is 4.52. The molecule has 1 aromatic rings. The quantitative estimate of drug-likeness (QED) is 0.283. The highest BCUT2D eigenvalue weighted by Gasteiger charge is 2.38. The summed E-state index contributed by atoms with van der Waals surface area (Å²) in [7, 11) is 3.89. The maximum atomic E-state index is 10.0. The Balaban J connectivity index is 1.96. The van der Waals surface area contributed by atoms with Gasteiger partial charge in [0.2, 0.25) is 12.5 Å². The molecule has 6 heteroatoms. The van der Waals surface area contributed by atoms with Crippen LogP contribution in [-0.2, 0) is 6.42 Å². The second kappa shape index (κ2) is 10.2. The molecule has 1 aromatic carbocycles. The summed E-state index contributed by atoms with van der Waals surface area (Å²) in [5, 5.41) is 13.9. The van der Waals surface area contributed by atoms with Gasteiger partial charge in [0.25, 0.3) is 0 Å². The van der Waals surface area contributed by atoms with E-state index < -0.39 is 0 Å². The largest absolute Gasteiger partial charge is 0.492 e. The van der Waals surface area contributed by atoms with Crippen LogP contribution in [0.3, 0.4) is 0 Å². The van der Waals surface area contributed by atoms with Gasteiger partial charge in [-0.15, -0.1) is 0 Å². The van der Waals surface area contributed by atoms with Crippen molar-refractivity contribution in [3.63, 3.8) is 0 Å². The summed E-state index contributed by atoms with van der Waals surface area (Å²) in [5.41, 5.74) is 5.78. The topological polar surface area (TPSA) is 64.7 Å². The first-order chi connectivity index (χ1) is 14.8. The summed E-state index contributed by atoms with van der Waals surface area (Å²) in [5.74, 6) is 2.37. The molecule has 2 aliphatic heterocycles. The molecule has 6 nitrogen and oxygen atoms in total. The first kappa shape index (κ1) is 23.2. The Hall–Kier alpha value is -2.47. The van der Waals surface area contributed by atoms with Crippen molar-refractivity contribution in [3.05, 3.63) is 40.5 Å². The van der Waals surface area contributed by atoms with Crippen molar-refractivity contribution >= 4 is 5.71 Å². The molecule has 3 rings (SSSR count). The van der Waals surface area contributed by atoms with E-state index in [-0.39, 0.29) is 18.8 Å². The first-order valence-electron chi connectivity index (χ1n) is 11.1. The fraction of sp³-hybridized carbons (Fsp3) is 0.560. The molecule has 0 bridgehead atoms. The van der Waals surface area contributed by atoms with Crippen LogP contribution in [0.25, 0.3) is 0 Å². The van der Waals surface area contributed by atoms with E-state index >= 15 is 0 Å². The molecule has 0 aromatic heterocycles. The third-order valence-electron chi connectivity index (χ3n) is 6.31. The van der Waals surface area contributed by atoms with Gasteiger partial charge in [0, 0.05) is 18.8 Å². The predicted molar refractivity (Wildman–Crippen MR) is 123 cm³/mol. The summed E-state index contributed by atoms with van der Waals surface area (Å²) >= 11 is 0. The van der Waals surface area contributed by atoms with Crippen LogP contribution in [0.2, 0.25) is 0 Å². The van der Waals surface area contributed by atoms with E-state index in [9.17, 15) is 5.21 Å². The Morgan fingerprint density at radius 3 is 2.48 bits per heavy atom. The van der Waals surface area contributed by atoms with Crippen molar-refractivity contribution in [1.29, 1.82) is 0 Å². The fourth-order valence-electron chi connectivity index (χ4n) is 4.52. The molecule has 0 aliphatic carbocycles. The lowest BCUT2D eigenvalue weighted by Crippen LogP contribution is -3.10. The van der Waals surface area contributed by atoms with Crippen LogP contribution < -0.4 is 19.1 Å². The van der Waals surface area contributed by atoms with E-state index in [1.807, 2.05) is 0 Å². The number of nitrogens with one attached hydrogen (secondary N) is 1. The second-order valence-corrected chi connectivity index (χ2v) is 9.14. The third-order valence-corrected chi connectivity index (χ3v) is 6.31. The molecular formula is C25H37N2O4+. The number of oxime groups is 1. The number of allylic oxidation sites excluding steroid dienone is 4. The standard InChI is InChI=1S/C25H36N2O4/c1-16(2)7-9-18(10-8-17(3)4)20(26-28)14-21-23-19(11-12-27(21)5)13-22-24(25(23)29-6)31-15-30-22/h7-8,13,18,21,28H,9-12,14-15H2,1-6H3/p+1/t21-/m0/s1. The number of benzene rings is 1. The van der Waals surface area contributed by atoms with E-state index in [2.05, 4.69) is 58.1 Å². The average molecular weight is 430 g/mol. The molecule has 0 saturated carbocycles. The number of fused-ring (bicyclic) bond motifs is 2. The molecule has 0 saturated heterocycles. The first-order valence-corrected chi connectivity index (χ1v) is 11.1. The summed E-state index contributed by atoms with van der Waals surface area (Å²) in [6, 6.07) is 2.22.